The molecule has 2 fully saturated rings. The Morgan fingerprint density at radius 3 is 2.77 bits per heavy atom. The second kappa shape index (κ2) is 11.2. The number of likely N-dealkylation sites (tertiary alicyclic amines) is 1. The molecule has 8 nitrogen and oxygen atoms in total. The molecule has 2 aromatic rings. The first-order valence-corrected chi connectivity index (χ1v) is 10.8. The van der Waals surface area contributed by atoms with Crippen LogP contribution in [-0.2, 0) is 17.7 Å². The van der Waals surface area contributed by atoms with Crippen LogP contribution in [0.4, 0.5) is 0 Å². The lowest BCUT2D eigenvalue weighted by Gasteiger charge is -2.36. The van der Waals surface area contributed by atoms with Crippen molar-refractivity contribution in [3.05, 3.63) is 47.6 Å². The molecule has 1 aromatic carbocycles. The molecule has 31 heavy (non-hydrogen) atoms. The summed E-state index contributed by atoms with van der Waals surface area (Å²) in [4.78, 5) is 13.8. The van der Waals surface area contributed by atoms with Crippen LogP contribution in [0.25, 0.3) is 0 Å². The van der Waals surface area contributed by atoms with Crippen LogP contribution in [0.5, 0.6) is 0 Å². The number of benzene rings is 1. The number of rotatable bonds is 6. The number of aromatic nitrogens is 2. The minimum Gasteiger partial charge on any atom is -0.373 e. The second-order valence-corrected chi connectivity index (χ2v) is 8.26. The number of morpholine rings is 1. The van der Waals surface area contributed by atoms with E-state index in [1.807, 2.05) is 7.05 Å². The van der Waals surface area contributed by atoms with E-state index in [2.05, 4.69) is 74.4 Å². The topological polar surface area (TPSA) is 79.0 Å². The maximum absolute atomic E-state index is 6.09. The van der Waals surface area contributed by atoms with E-state index in [-0.39, 0.29) is 36.0 Å². The van der Waals surface area contributed by atoms with Gasteiger partial charge >= 0.3 is 0 Å². The third-order valence-corrected chi connectivity index (χ3v) is 5.78. The lowest BCUT2D eigenvalue weighted by atomic mass is 10.1. The molecule has 1 aromatic heterocycles. The minimum atomic E-state index is 0. The van der Waals surface area contributed by atoms with Gasteiger partial charge in [0.05, 0.1) is 18.8 Å². The molecule has 0 radical (unpaired) electrons. The van der Waals surface area contributed by atoms with Crippen molar-refractivity contribution in [3.8, 4) is 0 Å². The molecule has 170 valence electrons. The van der Waals surface area contributed by atoms with Gasteiger partial charge in [-0.2, -0.15) is 4.98 Å². The SMILES string of the molecule is CN=C(NCCc1nc(C(C)C)no1)N1CC2OCCN(Cc3ccccc3)C2C1.I. The van der Waals surface area contributed by atoms with Gasteiger partial charge in [0.1, 0.15) is 0 Å². The summed E-state index contributed by atoms with van der Waals surface area (Å²) in [7, 11) is 1.83. The first-order valence-electron chi connectivity index (χ1n) is 10.8. The van der Waals surface area contributed by atoms with E-state index < -0.39 is 0 Å². The number of guanidine groups is 1. The van der Waals surface area contributed by atoms with Gasteiger partial charge in [-0.3, -0.25) is 9.89 Å². The van der Waals surface area contributed by atoms with Crippen LogP contribution in [0, 0.1) is 0 Å². The number of aliphatic imine (C=N–C) groups is 1. The maximum atomic E-state index is 6.09. The van der Waals surface area contributed by atoms with Crippen molar-refractivity contribution in [1.29, 1.82) is 0 Å². The number of ether oxygens (including phenoxy) is 1. The van der Waals surface area contributed by atoms with Crippen molar-refractivity contribution < 1.29 is 9.26 Å². The van der Waals surface area contributed by atoms with Crippen LogP contribution < -0.4 is 5.32 Å². The lowest BCUT2D eigenvalue weighted by Crippen LogP contribution is -2.50. The van der Waals surface area contributed by atoms with Gasteiger partial charge in [-0.05, 0) is 5.56 Å². The zero-order chi connectivity index (χ0) is 20.9. The number of halogens is 1. The highest BCUT2D eigenvalue weighted by Crippen LogP contribution is 2.24. The summed E-state index contributed by atoms with van der Waals surface area (Å²) in [6.45, 7) is 9.29. The van der Waals surface area contributed by atoms with Gasteiger partial charge in [-0.15, -0.1) is 24.0 Å². The maximum Gasteiger partial charge on any atom is 0.228 e. The average Bonchev–Trinajstić information content (AvgIpc) is 3.40. The van der Waals surface area contributed by atoms with Gasteiger partial charge in [-0.25, -0.2) is 0 Å². The molecular formula is C22H33IN6O2. The molecule has 3 heterocycles. The van der Waals surface area contributed by atoms with Crippen molar-refractivity contribution in [2.75, 3.05) is 39.8 Å². The molecule has 1 N–H and O–H groups in total. The molecule has 4 rings (SSSR count). The first-order chi connectivity index (χ1) is 14.6. The fourth-order valence-corrected chi connectivity index (χ4v) is 4.16. The predicted molar refractivity (Wildman–Crippen MR) is 131 cm³/mol. The molecule has 0 saturated carbocycles. The highest BCUT2D eigenvalue weighted by Gasteiger charge is 2.41. The van der Waals surface area contributed by atoms with Crippen LogP contribution in [0.3, 0.4) is 0 Å². The average molecular weight is 540 g/mol. The summed E-state index contributed by atoms with van der Waals surface area (Å²) in [5.74, 6) is 2.59. The molecule has 2 aliphatic heterocycles. The van der Waals surface area contributed by atoms with Crippen LogP contribution >= 0.6 is 24.0 Å². The molecule has 2 aliphatic rings. The molecule has 0 spiro atoms. The molecule has 2 saturated heterocycles. The smallest absolute Gasteiger partial charge is 0.228 e. The highest BCUT2D eigenvalue weighted by atomic mass is 127. The lowest BCUT2D eigenvalue weighted by molar-refractivity contribution is -0.0502. The fraction of sp³-hybridized carbons (Fsp3) is 0.591. The van der Waals surface area contributed by atoms with E-state index in [4.69, 9.17) is 9.26 Å². The van der Waals surface area contributed by atoms with Gasteiger partial charge in [0, 0.05) is 52.1 Å². The van der Waals surface area contributed by atoms with Gasteiger partial charge in [0.2, 0.25) is 5.89 Å². The Bertz CT molecular complexity index is 844. The number of nitrogens with one attached hydrogen (secondary N) is 1. The molecule has 0 amide bonds. The second-order valence-electron chi connectivity index (χ2n) is 8.26. The molecule has 2 unspecified atom stereocenters. The predicted octanol–water partition coefficient (Wildman–Crippen LogP) is 2.51. The van der Waals surface area contributed by atoms with Crippen LogP contribution in [0.2, 0.25) is 0 Å². The van der Waals surface area contributed by atoms with Crippen molar-refractivity contribution in [2.45, 2.75) is 44.9 Å². The monoisotopic (exact) mass is 540 g/mol. The van der Waals surface area contributed by atoms with Gasteiger partial charge < -0.3 is 19.5 Å². The molecule has 0 aliphatic carbocycles. The van der Waals surface area contributed by atoms with E-state index in [0.717, 1.165) is 44.6 Å². The quantitative estimate of drug-likeness (QED) is 0.343. The van der Waals surface area contributed by atoms with Crippen LogP contribution in [0.1, 0.15) is 37.0 Å². The third-order valence-electron chi connectivity index (χ3n) is 5.78. The van der Waals surface area contributed by atoms with Crippen molar-refractivity contribution in [2.24, 2.45) is 4.99 Å². The van der Waals surface area contributed by atoms with E-state index in [1.54, 1.807) is 0 Å². The van der Waals surface area contributed by atoms with E-state index in [9.17, 15) is 0 Å². The molecule has 9 heteroatoms. The van der Waals surface area contributed by atoms with E-state index in [0.29, 0.717) is 24.9 Å². The summed E-state index contributed by atoms with van der Waals surface area (Å²) in [6, 6.07) is 11.0. The summed E-state index contributed by atoms with van der Waals surface area (Å²) in [6.07, 6.45) is 0.890. The van der Waals surface area contributed by atoms with Crippen molar-refractivity contribution in [3.63, 3.8) is 0 Å². The van der Waals surface area contributed by atoms with Gasteiger partial charge in [-0.1, -0.05) is 49.3 Å². The van der Waals surface area contributed by atoms with Crippen molar-refractivity contribution in [1.82, 2.24) is 25.3 Å². The Labute approximate surface area is 201 Å². The Kier molecular flexibility index (Phi) is 8.67. The largest absolute Gasteiger partial charge is 0.373 e. The third kappa shape index (κ3) is 5.95. The number of fused-ring (bicyclic) bond motifs is 1. The Balaban J connectivity index is 0.00000272. The number of hydrogen-bond donors (Lipinski definition) is 1. The first kappa shape index (κ1) is 23.9. The zero-order valence-corrected chi connectivity index (χ0v) is 20.9. The van der Waals surface area contributed by atoms with Crippen LogP contribution in [0.15, 0.2) is 39.8 Å². The fourth-order valence-electron chi connectivity index (χ4n) is 4.16. The zero-order valence-electron chi connectivity index (χ0n) is 18.5. The highest BCUT2D eigenvalue weighted by molar-refractivity contribution is 14.0. The Morgan fingerprint density at radius 2 is 2.06 bits per heavy atom. The Hall–Kier alpha value is -1.72. The standard InChI is InChI=1S/C22H32N6O2.HI/c1-16(2)21-25-20(30-26-21)9-10-24-22(23-3)28-14-18-19(15-28)29-12-11-27(18)13-17-7-5-4-6-8-17;/h4-8,16,18-19H,9-15H2,1-3H3,(H,23,24);1H. The summed E-state index contributed by atoms with van der Waals surface area (Å²) < 4.78 is 11.4. The summed E-state index contributed by atoms with van der Waals surface area (Å²) in [5.41, 5.74) is 1.35. The normalized spacial score (nSPS) is 21.8. The van der Waals surface area contributed by atoms with Crippen molar-refractivity contribution >= 4 is 29.9 Å². The molecule has 2 atom stereocenters. The molecular weight excluding hydrogens is 507 g/mol. The minimum absolute atomic E-state index is 0. The summed E-state index contributed by atoms with van der Waals surface area (Å²) in [5, 5.41) is 7.47. The van der Waals surface area contributed by atoms with E-state index >= 15 is 0 Å². The summed E-state index contributed by atoms with van der Waals surface area (Å²) >= 11 is 0. The van der Waals surface area contributed by atoms with Gasteiger partial charge in [0.25, 0.3) is 0 Å². The molecule has 0 bridgehead atoms. The van der Waals surface area contributed by atoms with E-state index in [1.165, 1.54) is 5.56 Å². The number of hydrogen-bond acceptors (Lipinski definition) is 6. The Morgan fingerprint density at radius 1 is 1.26 bits per heavy atom. The van der Waals surface area contributed by atoms with Crippen LogP contribution in [-0.4, -0.2) is 77.9 Å². The number of nitrogens with zero attached hydrogens (tertiary/aromatic N) is 5. The van der Waals surface area contributed by atoms with Gasteiger partial charge in [0.15, 0.2) is 11.8 Å².